The third-order valence-corrected chi connectivity index (χ3v) is 0.887. The summed E-state index contributed by atoms with van der Waals surface area (Å²) in [5, 5.41) is 6.30. The van der Waals surface area contributed by atoms with E-state index in [1.165, 1.54) is 6.08 Å². The molecule has 0 spiro atoms. The first-order chi connectivity index (χ1) is 4.43. The first-order valence-corrected chi connectivity index (χ1v) is 2.54. The fraction of sp³-hybridized carbons (Fsp3) is 0. The summed E-state index contributed by atoms with van der Waals surface area (Å²) in [6, 6.07) is 0. The lowest BCUT2D eigenvalue weighted by Gasteiger charge is -1.72. The Morgan fingerprint density at radius 2 is 2.56 bits per heavy atom. The van der Waals surface area contributed by atoms with Gasteiger partial charge in [0.1, 0.15) is 6.29 Å². The van der Waals surface area contributed by atoms with Gasteiger partial charge >= 0.3 is 0 Å². The predicted molar refractivity (Wildman–Crippen MR) is 33.7 cm³/mol. The fourth-order valence-electron chi connectivity index (χ4n) is 0.502. The average molecular weight is 122 g/mol. The number of nitrogens with zero attached hydrogens (tertiary/aromatic N) is 1. The minimum absolute atomic E-state index is 0.729. The molecule has 0 aliphatic carbocycles. The van der Waals surface area contributed by atoms with Crippen LogP contribution in [0, 0.1) is 0 Å². The average Bonchev–Trinajstić information content (AvgIpc) is 2.34. The van der Waals surface area contributed by atoms with E-state index in [0.717, 1.165) is 11.8 Å². The van der Waals surface area contributed by atoms with Crippen molar-refractivity contribution >= 4 is 12.4 Å². The second-order valence-electron chi connectivity index (χ2n) is 1.53. The molecule has 9 heavy (non-hydrogen) atoms. The molecule has 0 aromatic carbocycles. The van der Waals surface area contributed by atoms with Gasteiger partial charge in [0.05, 0.1) is 6.20 Å². The van der Waals surface area contributed by atoms with Gasteiger partial charge in [-0.15, -0.1) is 0 Å². The zero-order chi connectivity index (χ0) is 6.53. The lowest BCUT2D eigenvalue weighted by Crippen LogP contribution is -1.61. The molecule has 46 valence electrons. The van der Waals surface area contributed by atoms with Gasteiger partial charge in [0, 0.05) is 11.8 Å². The molecule has 0 amide bonds. The van der Waals surface area contributed by atoms with Crippen molar-refractivity contribution in [3.8, 4) is 0 Å². The van der Waals surface area contributed by atoms with E-state index in [-0.39, 0.29) is 0 Å². The molecule has 0 atom stereocenters. The Hall–Kier alpha value is -1.38. The van der Waals surface area contributed by atoms with E-state index >= 15 is 0 Å². The lowest BCUT2D eigenvalue weighted by atomic mass is 10.3. The number of aromatic nitrogens is 2. The Labute approximate surface area is 52.4 Å². The highest BCUT2D eigenvalue weighted by molar-refractivity contribution is 5.73. The Morgan fingerprint density at radius 1 is 1.67 bits per heavy atom. The first kappa shape index (κ1) is 5.75. The number of hydrogen-bond acceptors (Lipinski definition) is 2. The molecule has 1 heterocycles. The summed E-state index contributed by atoms with van der Waals surface area (Å²) >= 11 is 0. The van der Waals surface area contributed by atoms with Gasteiger partial charge in [0.15, 0.2) is 0 Å². The Bertz CT molecular complexity index is 201. The molecule has 0 aliphatic heterocycles. The molecule has 0 saturated heterocycles. The maximum absolute atomic E-state index is 9.78. The van der Waals surface area contributed by atoms with Gasteiger partial charge in [-0.05, 0) is 12.2 Å². The lowest BCUT2D eigenvalue weighted by molar-refractivity contribution is -0.104. The number of aldehydes is 1. The summed E-state index contributed by atoms with van der Waals surface area (Å²) in [5.41, 5.74) is 0.905. The highest BCUT2D eigenvalue weighted by Gasteiger charge is 1.81. The number of nitrogens with one attached hydrogen (secondary N) is 1. The number of aromatic amines is 1. The summed E-state index contributed by atoms with van der Waals surface area (Å²) in [5.74, 6) is 0. The van der Waals surface area contributed by atoms with Crippen LogP contribution in [0.1, 0.15) is 5.56 Å². The van der Waals surface area contributed by atoms with Crippen molar-refractivity contribution < 1.29 is 4.79 Å². The van der Waals surface area contributed by atoms with Crippen LogP contribution < -0.4 is 0 Å². The van der Waals surface area contributed by atoms with E-state index in [9.17, 15) is 4.79 Å². The van der Waals surface area contributed by atoms with E-state index in [0.29, 0.717) is 0 Å². The van der Waals surface area contributed by atoms with E-state index in [1.807, 2.05) is 0 Å². The number of H-pyrrole nitrogens is 1. The van der Waals surface area contributed by atoms with Crippen molar-refractivity contribution in [3.63, 3.8) is 0 Å². The Kier molecular flexibility index (Phi) is 1.80. The minimum atomic E-state index is 0.729. The van der Waals surface area contributed by atoms with Gasteiger partial charge in [0.25, 0.3) is 0 Å². The molecule has 0 saturated carbocycles. The number of allylic oxidation sites excluding steroid dienone is 1. The van der Waals surface area contributed by atoms with Crippen LogP contribution in [0.15, 0.2) is 18.5 Å². The quantitative estimate of drug-likeness (QED) is 0.461. The molecular weight excluding hydrogens is 116 g/mol. The highest BCUT2D eigenvalue weighted by Crippen LogP contribution is 1.94. The molecular formula is C6H6N2O. The number of hydrogen-bond donors (Lipinski definition) is 1. The van der Waals surface area contributed by atoms with Gasteiger partial charge in [0.2, 0.25) is 0 Å². The van der Waals surface area contributed by atoms with Crippen molar-refractivity contribution in [2.24, 2.45) is 0 Å². The third-order valence-electron chi connectivity index (χ3n) is 0.887. The van der Waals surface area contributed by atoms with Gasteiger partial charge in [-0.25, -0.2) is 0 Å². The number of rotatable bonds is 2. The molecule has 3 heteroatoms. The van der Waals surface area contributed by atoms with Crippen molar-refractivity contribution in [2.45, 2.75) is 0 Å². The van der Waals surface area contributed by atoms with Crippen LogP contribution in [0.25, 0.3) is 6.08 Å². The van der Waals surface area contributed by atoms with Gasteiger partial charge in [-0.1, -0.05) is 0 Å². The van der Waals surface area contributed by atoms with Crippen LogP contribution in [0.4, 0.5) is 0 Å². The molecule has 3 nitrogen and oxygen atoms in total. The summed E-state index contributed by atoms with van der Waals surface area (Å²) in [7, 11) is 0. The van der Waals surface area contributed by atoms with Crippen LogP contribution in [0.2, 0.25) is 0 Å². The zero-order valence-electron chi connectivity index (χ0n) is 4.74. The monoisotopic (exact) mass is 122 g/mol. The van der Waals surface area contributed by atoms with Crippen LogP contribution in [0.5, 0.6) is 0 Å². The molecule has 0 unspecified atom stereocenters. The maximum atomic E-state index is 9.78. The van der Waals surface area contributed by atoms with Gasteiger partial charge in [-0.3, -0.25) is 9.89 Å². The summed E-state index contributed by atoms with van der Waals surface area (Å²) < 4.78 is 0. The molecule has 0 aliphatic rings. The van der Waals surface area contributed by atoms with Gasteiger partial charge in [-0.2, -0.15) is 5.10 Å². The number of carbonyl (C=O) groups is 1. The molecule has 0 bridgehead atoms. The van der Waals surface area contributed by atoms with Crippen molar-refractivity contribution in [1.29, 1.82) is 0 Å². The van der Waals surface area contributed by atoms with Crippen molar-refractivity contribution in [3.05, 3.63) is 24.0 Å². The number of carbonyl (C=O) groups excluding carboxylic acids is 1. The fourth-order valence-corrected chi connectivity index (χ4v) is 0.502. The van der Waals surface area contributed by atoms with E-state index in [4.69, 9.17) is 0 Å². The first-order valence-electron chi connectivity index (χ1n) is 2.54. The highest BCUT2D eigenvalue weighted by atomic mass is 16.1. The predicted octanol–water partition coefficient (Wildman–Crippen LogP) is 0.622. The Balaban J connectivity index is 2.67. The second kappa shape index (κ2) is 2.81. The maximum Gasteiger partial charge on any atom is 0.142 e. The van der Waals surface area contributed by atoms with Crippen LogP contribution in [-0.2, 0) is 4.79 Å². The molecule has 1 aromatic rings. The Morgan fingerprint density at radius 3 is 3.11 bits per heavy atom. The molecule has 1 N–H and O–H groups in total. The second-order valence-corrected chi connectivity index (χ2v) is 1.53. The van der Waals surface area contributed by atoms with Crippen molar-refractivity contribution in [2.75, 3.05) is 0 Å². The van der Waals surface area contributed by atoms with E-state index < -0.39 is 0 Å². The van der Waals surface area contributed by atoms with E-state index in [2.05, 4.69) is 10.2 Å². The van der Waals surface area contributed by atoms with Crippen LogP contribution in [-0.4, -0.2) is 16.5 Å². The smallest absolute Gasteiger partial charge is 0.142 e. The summed E-state index contributed by atoms with van der Waals surface area (Å²) in [4.78, 5) is 9.78. The molecule has 1 aromatic heterocycles. The normalized spacial score (nSPS) is 10.2. The third kappa shape index (κ3) is 1.53. The minimum Gasteiger partial charge on any atom is -0.299 e. The van der Waals surface area contributed by atoms with Crippen LogP contribution in [0.3, 0.4) is 0 Å². The van der Waals surface area contributed by atoms with Crippen LogP contribution >= 0.6 is 0 Å². The largest absolute Gasteiger partial charge is 0.299 e. The zero-order valence-corrected chi connectivity index (χ0v) is 4.74. The van der Waals surface area contributed by atoms with E-state index in [1.54, 1.807) is 18.5 Å². The SMILES string of the molecule is O=CC=Cc1cn[nH]c1. The standard InChI is InChI=1S/C6H6N2O/c9-3-1-2-6-4-7-8-5-6/h1-5H,(H,7,8). The topological polar surface area (TPSA) is 45.8 Å². The van der Waals surface area contributed by atoms with Crippen molar-refractivity contribution in [1.82, 2.24) is 10.2 Å². The summed E-state index contributed by atoms with van der Waals surface area (Å²) in [6.07, 6.45) is 7.17. The molecule has 0 radical (unpaired) electrons. The molecule has 1 rings (SSSR count). The summed E-state index contributed by atoms with van der Waals surface area (Å²) in [6.45, 7) is 0. The molecule has 0 fully saturated rings. The van der Waals surface area contributed by atoms with Gasteiger partial charge < -0.3 is 0 Å².